The number of imidazole rings is 1. The first-order valence-electron chi connectivity index (χ1n) is 11.0. The van der Waals surface area contributed by atoms with Gasteiger partial charge in [-0.2, -0.15) is 5.10 Å². The number of hydrogen-bond acceptors (Lipinski definition) is 6. The van der Waals surface area contributed by atoms with Crippen molar-refractivity contribution < 1.29 is 9.18 Å². The van der Waals surface area contributed by atoms with Gasteiger partial charge in [0.1, 0.15) is 16.4 Å². The highest BCUT2D eigenvalue weighted by molar-refractivity contribution is 8.00. The molecule has 5 rings (SSSR count). The molecule has 35 heavy (non-hydrogen) atoms. The zero-order valence-corrected chi connectivity index (χ0v) is 19.9. The number of H-pyrrole nitrogens is 1. The highest BCUT2D eigenvalue weighted by atomic mass is 32.2. The number of nitrogens with one attached hydrogen (secondary N) is 2. The van der Waals surface area contributed by atoms with Crippen molar-refractivity contribution in [3.8, 4) is 11.4 Å². The van der Waals surface area contributed by atoms with E-state index in [-0.39, 0.29) is 23.0 Å². The van der Waals surface area contributed by atoms with E-state index in [1.165, 1.54) is 24.2 Å². The van der Waals surface area contributed by atoms with Gasteiger partial charge in [-0.05, 0) is 31.5 Å². The Balaban J connectivity index is 1.33. The van der Waals surface area contributed by atoms with E-state index in [9.17, 15) is 9.18 Å². The van der Waals surface area contributed by atoms with Crippen LogP contribution in [0.25, 0.3) is 22.6 Å². The standard InChI is InChI=1S/C25H22FN7OS/c1-15-21(16(2)33(32-15)12-17-8-4-3-5-9-17)29-20(34)13-35-25-22-24(28-14-27-22)30-23(31-25)18-10-6-7-11-19(18)26/h3-11,14H,12-13H2,1-2H3,(H,29,34)(H,27,28,30,31). The maximum atomic E-state index is 14.3. The summed E-state index contributed by atoms with van der Waals surface area (Å²) in [5.74, 6) is -0.293. The van der Waals surface area contributed by atoms with Crippen LogP contribution in [0, 0.1) is 19.7 Å². The fraction of sp³-hybridized carbons (Fsp3) is 0.160. The van der Waals surface area contributed by atoms with Crippen molar-refractivity contribution in [1.82, 2.24) is 29.7 Å². The molecule has 0 spiro atoms. The third kappa shape index (κ3) is 4.78. The van der Waals surface area contributed by atoms with Crippen molar-refractivity contribution in [2.24, 2.45) is 0 Å². The lowest BCUT2D eigenvalue weighted by Gasteiger charge is -2.08. The van der Waals surface area contributed by atoms with Crippen LogP contribution in [0.1, 0.15) is 17.0 Å². The number of rotatable bonds is 7. The van der Waals surface area contributed by atoms with Gasteiger partial charge in [0.15, 0.2) is 11.5 Å². The van der Waals surface area contributed by atoms with Crippen LogP contribution in [0.2, 0.25) is 0 Å². The van der Waals surface area contributed by atoms with Crippen LogP contribution in [0.4, 0.5) is 10.1 Å². The van der Waals surface area contributed by atoms with Crippen LogP contribution >= 0.6 is 11.8 Å². The lowest BCUT2D eigenvalue weighted by atomic mass is 10.2. The topological polar surface area (TPSA) is 101 Å². The lowest BCUT2D eigenvalue weighted by molar-refractivity contribution is -0.113. The highest BCUT2D eigenvalue weighted by Crippen LogP contribution is 2.28. The maximum Gasteiger partial charge on any atom is 0.234 e. The van der Waals surface area contributed by atoms with Crippen molar-refractivity contribution in [2.45, 2.75) is 25.4 Å². The molecule has 10 heteroatoms. The Hall–Kier alpha value is -4.05. The second-order valence-corrected chi connectivity index (χ2v) is 8.92. The molecule has 0 saturated heterocycles. The van der Waals surface area contributed by atoms with Gasteiger partial charge in [0.05, 0.1) is 41.3 Å². The fourth-order valence-corrected chi connectivity index (χ4v) is 4.56. The summed E-state index contributed by atoms with van der Waals surface area (Å²) in [7, 11) is 0. The zero-order valence-electron chi connectivity index (χ0n) is 19.1. The number of amides is 1. The van der Waals surface area contributed by atoms with Gasteiger partial charge in [0.25, 0.3) is 0 Å². The van der Waals surface area contributed by atoms with Gasteiger partial charge in [0.2, 0.25) is 5.91 Å². The molecule has 5 aromatic rings. The summed E-state index contributed by atoms with van der Waals surface area (Å²) < 4.78 is 16.2. The first kappa shape index (κ1) is 22.7. The van der Waals surface area contributed by atoms with E-state index in [1.54, 1.807) is 18.2 Å². The number of aryl methyl sites for hydroxylation is 1. The number of anilines is 1. The molecule has 1 amide bonds. The van der Waals surface area contributed by atoms with Crippen molar-refractivity contribution in [3.05, 3.63) is 83.7 Å². The largest absolute Gasteiger partial charge is 0.341 e. The van der Waals surface area contributed by atoms with Crippen LogP contribution < -0.4 is 5.32 Å². The van der Waals surface area contributed by atoms with Gasteiger partial charge < -0.3 is 10.3 Å². The molecule has 0 radical (unpaired) electrons. The highest BCUT2D eigenvalue weighted by Gasteiger charge is 2.18. The van der Waals surface area contributed by atoms with Crippen molar-refractivity contribution in [3.63, 3.8) is 0 Å². The average molecular weight is 488 g/mol. The SMILES string of the molecule is Cc1nn(Cc2ccccc2)c(C)c1NC(=O)CSc1nc(-c2ccccc2F)nc2nc[nH]c12. The normalized spacial score (nSPS) is 11.2. The second-order valence-electron chi connectivity index (χ2n) is 7.96. The summed E-state index contributed by atoms with van der Waals surface area (Å²) in [6.07, 6.45) is 1.50. The van der Waals surface area contributed by atoms with Gasteiger partial charge in [0, 0.05) is 0 Å². The van der Waals surface area contributed by atoms with Crippen molar-refractivity contribution >= 4 is 34.5 Å². The molecular formula is C25H22FN7OS. The van der Waals surface area contributed by atoms with Crippen LogP contribution in [-0.4, -0.2) is 41.4 Å². The van der Waals surface area contributed by atoms with E-state index in [1.807, 2.05) is 48.9 Å². The Morgan fingerprint density at radius 2 is 1.86 bits per heavy atom. The number of halogens is 1. The van der Waals surface area contributed by atoms with E-state index in [4.69, 9.17) is 0 Å². The average Bonchev–Trinajstić information content (AvgIpc) is 3.44. The smallest absolute Gasteiger partial charge is 0.234 e. The third-order valence-electron chi connectivity index (χ3n) is 5.53. The van der Waals surface area contributed by atoms with Gasteiger partial charge in [-0.3, -0.25) is 9.48 Å². The van der Waals surface area contributed by atoms with Crippen LogP contribution in [-0.2, 0) is 11.3 Å². The van der Waals surface area contributed by atoms with E-state index in [0.29, 0.717) is 28.4 Å². The molecule has 3 aromatic heterocycles. The molecular weight excluding hydrogens is 465 g/mol. The molecule has 0 aliphatic carbocycles. The molecule has 2 N–H and O–H groups in total. The minimum atomic E-state index is -0.422. The second kappa shape index (κ2) is 9.67. The van der Waals surface area contributed by atoms with Crippen LogP contribution in [0.3, 0.4) is 0 Å². The predicted molar refractivity (Wildman–Crippen MR) is 134 cm³/mol. The molecule has 0 aliphatic rings. The quantitative estimate of drug-likeness (QED) is 0.254. The Morgan fingerprint density at radius 1 is 1.09 bits per heavy atom. The number of fused-ring (bicyclic) bond motifs is 1. The summed E-state index contributed by atoms with van der Waals surface area (Å²) in [6, 6.07) is 16.3. The fourth-order valence-electron chi connectivity index (χ4n) is 3.77. The molecule has 0 fully saturated rings. The number of nitrogens with zero attached hydrogens (tertiary/aromatic N) is 5. The number of carbonyl (C=O) groups is 1. The molecule has 0 unspecified atom stereocenters. The Morgan fingerprint density at radius 3 is 2.66 bits per heavy atom. The summed E-state index contributed by atoms with van der Waals surface area (Å²) in [5, 5.41) is 8.09. The molecule has 8 nitrogen and oxygen atoms in total. The van der Waals surface area contributed by atoms with E-state index >= 15 is 0 Å². The predicted octanol–water partition coefficient (Wildman–Crippen LogP) is 4.75. The lowest BCUT2D eigenvalue weighted by Crippen LogP contribution is -2.15. The first-order chi connectivity index (χ1) is 17.0. The number of carbonyl (C=O) groups excluding carboxylic acids is 1. The zero-order chi connectivity index (χ0) is 24.4. The summed E-state index contributed by atoms with van der Waals surface area (Å²) in [5.41, 5.74) is 4.75. The number of thioether (sulfide) groups is 1. The van der Waals surface area contributed by atoms with Crippen molar-refractivity contribution in [1.29, 1.82) is 0 Å². The molecule has 0 bridgehead atoms. The third-order valence-corrected chi connectivity index (χ3v) is 6.50. The molecule has 2 aromatic carbocycles. The van der Waals surface area contributed by atoms with Crippen LogP contribution in [0.15, 0.2) is 66.0 Å². The Bertz CT molecular complexity index is 1510. The van der Waals surface area contributed by atoms with E-state index in [0.717, 1.165) is 17.0 Å². The summed E-state index contributed by atoms with van der Waals surface area (Å²) >= 11 is 1.23. The number of aromatic amines is 1. The first-order valence-corrected chi connectivity index (χ1v) is 11.9. The Kier molecular flexibility index (Phi) is 6.28. The van der Waals surface area contributed by atoms with E-state index < -0.39 is 5.82 Å². The summed E-state index contributed by atoms with van der Waals surface area (Å²) in [4.78, 5) is 28.9. The molecule has 0 aliphatic heterocycles. The molecule has 0 atom stereocenters. The minimum Gasteiger partial charge on any atom is -0.341 e. The van der Waals surface area contributed by atoms with E-state index in [2.05, 4.69) is 30.4 Å². The number of aromatic nitrogens is 6. The number of benzene rings is 2. The van der Waals surface area contributed by atoms with Crippen molar-refractivity contribution in [2.75, 3.05) is 11.1 Å². The van der Waals surface area contributed by atoms with Crippen LogP contribution in [0.5, 0.6) is 0 Å². The van der Waals surface area contributed by atoms with Gasteiger partial charge in [-0.1, -0.05) is 54.2 Å². The van der Waals surface area contributed by atoms with Gasteiger partial charge in [-0.25, -0.2) is 19.3 Å². The summed E-state index contributed by atoms with van der Waals surface area (Å²) in [6.45, 7) is 4.43. The van der Waals surface area contributed by atoms with Gasteiger partial charge >= 0.3 is 0 Å². The number of hydrogen-bond donors (Lipinski definition) is 2. The maximum absolute atomic E-state index is 14.3. The minimum absolute atomic E-state index is 0.102. The molecule has 3 heterocycles. The monoisotopic (exact) mass is 487 g/mol. The molecule has 0 saturated carbocycles. The Labute approximate surface area is 205 Å². The van der Waals surface area contributed by atoms with Gasteiger partial charge in [-0.15, -0.1) is 0 Å². The molecule has 176 valence electrons.